The summed E-state index contributed by atoms with van der Waals surface area (Å²) in [6, 6.07) is 4.33. The van der Waals surface area contributed by atoms with E-state index in [1.54, 1.807) is 4.90 Å². The summed E-state index contributed by atoms with van der Waals surface area (Å²) < 4.78 is 12.6. The highest BCUT2D eigenvalue weighted by atomic mass is 16.6. The Morgan fingerprint density at radius 1 is 1.08 bits per heavy atom. The Morgan fingerprint density at radius 2 is 1.85 bits per heavy atom. The number of ether oxygens (including phenoxy) is 2. The topological polar surface area (TPSA) is 96.4 Å². The fourth-order valence-corrected chi connectivity index (χ4v) is 7.11. The van der Waals surface area contributed by atoms with Gasteiger partial charge in [-0.3, -0.25) is 14.4 Å². The molecule has 0 aromatic heterocycles. The first kappa shape index (κ1) is 27.6. The Bertz CT molecular complexity index is 1220. The van der Waals surface area contributed by atoms with Gasteiger partial charge in [-0.15, -0.1) is 0 Å². The molecule has 210 valence electrons. The molecule has 1 aromatic carbocycles. The molecule has 2 fully saturated rings. The molecule has 1 N–H and O–H groups in total. The van der Waals surface area contributed by atoms with E-state index in [1.165, 1.54) is 4.90 Å². The van der Waals surface area contributed by atoms with Crippen LogP contribution in [-0.4, -0.2) is 70.8 Å². The van der Waals surface area contributed by atoms with E-state index in [-0.39, 0.29) is 30.9 Å². The lowest BCUT2D eigenvalue weighted by Crippen LogP contribution is -2.59. The second kappa shape index (κ2) is 10.2. The van der Waals surface area contributed by atoms with Gasteiger partial charge in [0.1, 0.15) is 23.2 Å². The molecule has 2 saturated heterocycles. The summed E-state index contributed by atoms with van der Waals surface area (Å²) in [5, 5.41) is 10.5. The standard InChI is InChI=1S/C31H40N2O6/c1-6-30-12-7-8-15-38-29(37)25(30)24-27(35)33(22(18-34)16-19(2)3)26-28(36)32(14-9-13-31(24,26)39-30)23-17-20(4)10-11-21(23)5/h7,9-13,17,19,22,24-26,34H,6,8,14-16,18H2,1-5H3/t22-,24+,25-,26?,30+,31+/m1/s1. The van der Waals surface area contributed by atoms with Crippen molar-refractivity contribution in [3.63, 3.8) is 0 Å². The van der Waals surface area contributed by atoms with Crippen LogP contribution in [0.15, 0.2) is 42.5 Å². The number of benzene rings is 1. The van der Waals surface area contributed by atoms with Gasteiger partial charge in [-0.1, -0.05) is 57.2 Å². The van der Waals surface area contributed by atoms with E-state index in [0.717, 1.165) is 16.8 Å². The quantitative estimate of drug-likeness (QED) is 0.442. The van der Waals surface area contributed by atoms with Gasteiger partial charge in [-0.2, -0.15) is 0 Å². The van der Waals surface area contributed by atoms with Crippen LogP contribution in [-0.2, 0) is 23.9 Å². The Morgan fingerprint density at radius 3 is 2.54 bits per heavy atom. The third kappa shape index (κ3) is 4.23. The van der Waals surface area contributed by atoms with Crippen LogP contribution in [0.1, 0.15) is 51.2 Å². The SMILES string of the molecule is CC[C@]12C=CCCOC(=O)[C@H]1[C@H]1C(=O)N([C@@H](CO)CC(C)C)C3C(=O)N(c4cc(C)ccc4C)CC=C[C@@]31O2. The zero-order valence-corrected chi connectivity index (χ0v) is 23.6. The number of esters is 1. The molecule has 1 spiro atoms. The van der Waals surface area contributed by atoms with Crippen LogP contribution in [0.5, 0.6) is 0 Å². The Hall–Kier alpha value is -2.97. The number of cyclic esters (lactones) is 1. The third-order valence-corrected chi connectivity index (χ3v) is 8.84. The molecular formula is C31H40N2O6. The minimum atomic E-state index is -1.38. The lowest BCUT2D eigenvalue weighted by atomic mass is 9.73. The zero-order valence-electron chi connectivity index (χ0n) is 23.6. The van der Waals surface area contributed by atoms with Gasteiger partial charge in [-0.25, -0.2) is 0 Å². The maximum absolute atomic E-state index is 14.7. The molecule has 2 amide bonds. The Labute approximate surface area is 230 Å². The molecule has 4 aliphatic rings. The van der Waals surface area contributed by atoms with E-state index >= 15 is 0 Å². The molecule has 5 rings (SSSR count). The molecule has 0 aliphatic carbocycles. The normalized spacial score (nSPS) is 32.9. The van der Waals surface area contributed by atoms with Crippen LogP contribution >= 0.6 is 0 Å². The number of hydrogen-bond donors (Lipinski definition) is 1. The number of carbonyl (C=O) groups is 3. The molecule has 0 saturated carbocycles. The van der Waals surface area contributed by atoms with Crippen molar-refractivity contribution >= 4 is 23.5 Å². The molecule has 6 atom stereocenters. The number of carbonyl (C=O) groups excluding carboxylic acids is 3. The zero-order chi connectivity index (χ0) is 28.1. The molecule has 1 aromatic rings. The van der Waals surface area contributed by atoms with Crippen molar-refractivity contribution in [3.8, 4) is 0 Å². The predicted octanol–water partition coefficient (Wildman–Crippen LogP) is 3.48. The predicted molar refractivity (Wildman–Crippen MR) is 147 cm³/mol. The second-order valence-corrected chi connectivity index (χ2v) is 11.8. The van der Waals surface area contributed by atoms with Crippen molar-refractivity contribution in [3.05, 3.63) is 53.6 Å². The monoisotopic (exact) mass is 536 g/mol. The highest BCUT2D eigenvalue weighted by Gasteiger charge is 2.76. The van der Waals surface area contributed by atoms with E-state index < -0.39 is 41.1 Å². The van der Waals surface area contributed by atoms with Crippen molar-refractivity contribution in [2.24, 2.45) is 17.8 Å². The lowest BCUT2D eigenvalue weighted by Gasteiger charge is -2.41. The number of aliphatic hydroxyl groups excluding tert-OH is 1. The van der Waals surface area contributed by atoms with Gasteiger partial charge in [0.25, 0.3) is 5.91 Å². The van der Waals surface area contributed by atoms with Gasteiger partial charge in [0, 0.05) is 12.2 Å². The fourth-order valence-electron chi connectivity index (χ4n) is 7.11. The molecule has 0 bridgehead atoms. The van der Waals surface area contributed by atoms with Crippen molar-refractivity contribution in [2.75, 3.05) is 24.7 Å². The van der Waals surface area contributed by atoms with E-state index in [1.807, 2.05) is 77.1 Å². The number of fused-ring (bicyclic) bond motifs is 2. The minimum Gasteiger partial charge on any atom is -0.465 e. The summed E-state index contributed by atoms with van der Waals surface area (Å²) in [4.78, 5) is 46.0. The average molecular weight is 537 g/mol. The van der Waals surface area contributed by atoms with Gasteiger partial charge in [-0.05, 0) is 56.2 Å². The highest BCUT2D eigenvalue weighted by molar-refractivity contribution is 6.06. The van der Waals surface area contributed by atoms with E-state index in [4.69, 9.17) is 9.47 Å². The summed E-state index contributed by atoms with van der Waals surface area (Å²) >= 11 is 0. The number of aliphatic hydroxyl groups is 1. The summed E-state index contributed by atoms with van der Waals surface area (Å²) in [5.41, 5.74) is 0.283. The highest BCUT2D eigenvalue weighted by Crippen LogP contribution is 2.59. The van der Waals surface area contributed by atoms with Crippen LogP contribution in [0.25, 0.3) is 0 Å². The van der Waals surface area contributed by atoms with Crippen molar-refractivity contribution in [1.29, 1.82) is 0 Å². The molecular weight excluding hydrogens is 496 g/mol. The van der Waals surface area contributed by atoms with E-state index in [0.29, 0.717) is 25.8 Å². The number of likely N-dealkylation sites (tertiary alicyclic amines) is 1. The maximum atomic E-state index is 14.7. The Balaban J connectivity index is 1.71. The van der Waals surface area contributed by atoms with Gasteiger partial charge in [0.15, 0.2) is 0 Å². The molecule has 8 heteroatoms. The molecule has 1 unspecified atom stereocenters. The summed E-state index contributed by atoms with van der Waals surface area (Å²) in [5.74, 6) is -2.77. The van der Waals surface area contributed by atoms with Crippen molar-refractivity contribution in [2.45, 2.75) is 77.2 Å². The van der Waals surface area contributed by atoms with Gasteiger partial charge >= 0.3 is 5.97 Å². The number of aryl methyl sites for hydroxylation is 2. The van der Waals surface area contributed by atoms with Crippen LogP contribution in [0.3, 0.4) is 0 Å². The van der Waals surface area contributed by atoms with E-state index in [9.17, 15) is 19.5 Å². The maximum Gasteiger partial charge on any atom is 0.313 e. The summed E-state index contributed by atoms with van der Waals surface area (Å²) in [7, 11) is 0. The summed E-state index contributed by atoms with van der Waals surface area (Å²) in [6.07, 6.45) is 9.09. The van der Waals surface area contributed by atoms with Crippen LogP contribution in [0.2, 0.25) is 0 Å². The summed E-state index contributed by atoms with van der Waals surface area (Å²) in [6.45, 7) is 10.2. The van der Waals surface area contributed by atoms with Gasteiger partial charge in [0.2, 0.25) is 5.91 Å². The fraction of sp³-hybridized carbons (Fsp3) is 0.581. The first-order chi connectivity index (χ1) is 18.6. The van der Waals surface area contributed by atoms with Gasteiger partial charge < -0.3 is 24.4 Å². The van der Waals surface area contributed by atoms with Crippen molar-refractivity contribution < 1.29 is 29.0 Å². The van der Waals surface area contributed by atoms with Crippen molar-refractivity contribution in [1.82, 2.24) is 4.90 Å². The molecule has 4 aliphatic heterocycles. The number of amides is 2. The third-order valence-electron chi connectivity index (χ3n) is 8.84. The largest absolute Gasteiger partial charge is 0.465 e. The van der Waals surface area contributed by atoms with Crippen LogP contribution in [0, 0.1) is 31.6 Å². The first-order valence-electron chi connectivity index (χ1n) is 14.1. The molecule has 39 heavy (non-hydrogen) atoms. The van der Waals surface area contributed by atoms with Crippen LogP contribution < -0.4 is 4.90 Å². The van der Waals surface area contributed by atoms with E-state index in [2.05, 4.69) is 0 Å². The van der Waals surface area contributed by atoms with Gasteiger partial charge in [0.05, 0.1) is 25.2 Å². The Kier molecular flexibility index (Phi) is 7.22. The smallest absolute Gasteiger partial charge is 0.313 e. The number of anilines is 1. The molecule has 0 radical (unpaired) electrons. The average Bonchev–Trinajstić information content (AvgIpc) is 3.24. The number of hydrogen-bond acceptors (Lipinski definition) is 6. The molecule has 8 nitrogen and oxygen atoms in total. The number of rotatable bonds is 6. The minimum absolute atomic E-state index is 0.169. The first-order valence-corrected chi connectivity index (χ1v) is 14.1. The molecule has 4 heterocycles. The lowest BCUT2D eigenvalue weighted by molar-refractivity contribution is -0.162. The second-order valence-electron chi connectivity index (χ2n) is 11.8. The number of nitrogens with zero attached hydrogens (tertiary/aromatic N) is 2. The van der Waals surface area contributed by atoms with Crippen LogP contribution in [0.4, 0.5) is 5.69 Å².